The minimum absolute atomic E-state index is 0.00298. The number of nitrogens with zero attached hydrogens (tertiary/aromatic N) is 2. The molecule has 12 amide bonds. The van der Waals surface area contributed by atoms with E-state index in [0.717, 1.165) is 9.75 Å². The number of hydrogen-bond donors (Lipinski definition) is 10. The van der Waals surface area contributed by atoms with Gasteiger partial charge in [-0.05, 0) is 97.9 Å². The Hall–Kier alpha value is -6.96. The van der Waals surface area contributed by atoms with E-state index in [1.807, 2.05) is 27.7 Å². The summed E-state index contributed by atoms with van der Waals surface area (Å²) in [5.41, 5.74) is 11.1. The van der Waals surface area contributed by atoms with Gasteiger partial charge in [-0.15, -0.1) is 22.7 Å². The maximum Gasteiger partial charge on any atom is 0.246 e. The van der Waals surface area contributed by atoms with Gasteiger partial charge in [0.2, 0.25) is 70.9 Å². The first-order valence-electron chi connectivity index (χ1n) is 28.4. The molecule has 0 aromatic carbocycles. The van der Waals surface area contributed by atoms with E-state index in [9.17, 15) is 57.5 Å². The lowest BCUT2D eigenvalue weighted by atomic mass is 9.99. The van der Waals surface area contributed by atoms with Crippen LogP contribution in [0.5, 0.6) is 0 Å². The van der Waals surface area contributed by atoms with Crippen molar-refractivity contribution in [1.29, 1.82) is 0 Å². The van der Waals surface area contributed by atoms with Gasteiger partial charge in [-0.3, -0.25) is 57.5 Å². The summed E-state index contributed by atoms with van der Waals surface area (Å²) in [5.74, 6) is -10.6. The lowest BCUT2D eigenvalue weighted by Crippen LogP contribution is -2.62. The Morgan fingerprint density at radius 1 is 0.476 bits per heavy atom. The smallest absolute Gasteiger partial charge is 0.246 e. The highest BCUT2D eigenvalue weighted by atomic mass is 32.1. The Morgan fingerprint density at radius 3 is 1.11 bits per heavy atom. The maximum absolute atomic E-state index is 14.8. The largest absolute Gasteiger partial charge is 0.370 e. The van der Waals surface area contributed by atoms with Gasteiger partial charge in [0.25, 0.3) is 0 Å². The molecule has 24 nitrogen and oxygen atoms in total. The number of amides is 12. The molecule has 26 heteroatoms. The summed E-state index contributed by atoms with van der Waals surface area (Å²) in [5, 5.41) is 25.6. The average Bonchev–Trinajstić information content (AvgIpc) is 4.41. The van der Waals surface area contributed by atoms with Crippen LogP contribution in [0.1, 0.15) is 129 Å². The third-order valence-corrected chi connectivity index (χ3v) is 16.5. The van der Waals surface area contributed by atoms with Gasteiger partial charge in [0.15, 0.2) is 0 Å². The van der Waals surface area contributed by atoms with E-state index < -0.39 is 143 Å². The van der Waals surface area contributed by atoms with E-state index in [2.05, 4.69) is 42.5 Å². The third kappa shape index (κ3) is 19.1. The fourth-order valence-electron chi connectivity index (χ4n) is 10.4. The predicted molar refractivity (Wildman–Crippen MR) is 306 cm³/mol. The lowest BCUT2D eigenvalue weighted by Gasteiger charge is -2.32. The molecule has 0 unspecified atom stereocenters. The molecule has 5 heterocycles. The second-order valence-corrected chi connectivity index (χ2v) is 25.1. The van der Waals surface area contributed by atoms with Gasteiger partial charge in [0.05, 0.1) is 0 Å². The van der Waals surface area contributed by atoms with Crippen molar-refractivity contribution in [2.75, 3.05) is 13.1 Å². The molecule has 0 spiro atoms. The highest BCUT2D eigenvalue weighted by Gasteiger charge is 2.43. The molecule has 2 aromatic rings. The number of carbonyl (C=O) groups excluding carboxylic acids is 12. The van der Waals surface area contributed by atoms with Crippen molar-refractivity contribution in [1.82, 2.24) is 52.3 Å². The van der Waals surface area contributed by atoms with Gasteiger partial charge in [-0.25, -0.2) is 0 Å². The number of carbonyl (C=O) groups is 12. The molecule has 2 aromatic heterocycles. The molecular weight excluding hydrogens is 1100 g/mol. The maximum atomic E-state index is 14.8. The van der Waals surface area contributed by atoms with Gasteiger partial charge >= 0.3 is 0 Å². The second-order valence-electron chi connectivity index (χ2n) is 23.0. The Morgan fingerprint density at radius 2 is 0.805 bits per heavy atom. The second kappa shape index (κ2) is 30.9. The highest BCUT2D eigenvalue weighted by Crippen LogP contribution is 2.24. The van der Waals surface area contributed by atoms with Gasteiger partial charge < -0.3 is 63.8 Å². The van der Waals surface area contributed by atoms with E-state index in [0.29, 0.717) is 12.8 Å². The van der Waals surface area contributed by atoms with Crippen LogP contribution in [0, 0.1) is 23.7 Å². The van der Waals surface area contributed by atoms with Crippen LogP contribution >= 0.6 is 22.7 Å². The lowest BCUT2D eigenvalue weighted by molar-refractivity contribution is -0.143. The van der Waals surface area contributed by atoms with Crippen molar-refractivity contribution >= 4 is 93.6 Å². The van der Waals surface area contributed by atoms with E-state index in [1.165, 1.54) is 32.5 Å². The summed E-state index contributed by atoms with van der Waals surface area (Å²) in [7, 11) is 0. The molecule has 3 aliphatic heterocycles. The zero-order valence-corrected chi connectivity index (χ0v) is 49.8. The molecule has 10 atom stereocenters. The van der Waals surface area contributed by atoms with Crippen LogP contribution in [0.2, 0.25) is 0 Å². The highest BCUT2D eigenvalue weighted by molar-refractivity contribution is 7.10. The summed E-state index contributed by atoms with van der Waals surface area (Å²) in [6.45, 7) is 14.1. The molecule has 82 heavy (non-hydrogen) atoms. The molecule has 0 saturated carbocycles. The fourth-order valence-corrected chi connectivity index (χ4v) is 11.9. The Balaban J connectivity index is 1.59. The molecule has 3 fully saturated rings. The van der Waals surface area contributed by atoms with Crippen LogP contribution in [0.4, 0.5) is 0 Å². The molecule has 0 radical (unpaired) electrons. The SMILES string of the molecule is CC(C)C[C@@H]1NC(=O)[C@H](CCC(N)=O)NC(=O)[C@H](C(C)C)NC(=O)[C@@H]2CCCN2C(=O)[C@@H](Cc2cccs2)NC(=O)[C@H](CC(C)C)NC(=O)[C@H](CCC(N)=O)NC(=O)[C@H](C(C)C)NC(=O)[C@@H]2CCCN2C(=O)[C@@H](Cc2cccs2)NC1=O. The Kier molecular flexibility index (Phi) is 24.8. The Labute approximate surface area is 487 Å². The van der Waals surface area contributed by atoms with Crippen molar-refractivity contribution in [2.45, 2.75) is 193 Å². The molecule has 0 aliphatic carbocycles. The zero-order chi connectivity index (χ0) is 60.5. The number of primary amides is 2. The topological polar surface area (TPSA) is 360 Å². The summed E-state index contributed by atoms with van der Waals surface area (Å²) in [6, 6.07) is -5.73. The van der Waals surface area contributed by atoms with Crippen molar-refractivity contribution in [2.24, 2.45) is 35.1 Å². The van der Waals surface area contributed by atoms with Crippen LogP contribution < -0.4 is 54.0 Å². The van der Waals surface area contributed by atoms with Gasteiger partial charge in [0.1, 0.15) is 60.4 Å². The number of fused-ring (bicyclic) bond motifs is 2. The summed E-state index contributed by atoms with van der Waals surface area (Å²) < 4.78 is 0. The first-order chi connectivity index (χ1) is 38.7. The van der Waals surface area contributed by atoms with Crippen molar-refractivity contribution in [3.05, 3.63) is 44.8 Å². The van der Waals surface area contributed by atoms with E-state index in [1.54, 1.807) is 62.7 Å². The Bertz CT molecular complexity index is 2420. The standard InChI is InChI=1S/C56H84N12O12S2/c1-29(2)25-37-49(73)63-39(27-33-13-11-23-81-33)55(79)67-21-9-15-41(67)51(75)66-46(32(7)8)54(78)60-36(18-20-44(58)70)48(72)62-38(26-30(3)4)50(74)64-40(28-34-14-12-24-82-34)56(80)68-22-10-16-42(68)52(76)65-45(31(5)6)53(77)59-35(47(71)61-37)17-19-43(57)69/h11-14,23-24,29-32,35-42,45-46H,9-10,15-22,25-28H2,1-8H3,(H2,57,69)(H2,58,70)(H,59,77)(H,60,78)(H,61,71)(H,62,72)(H,63,73)(H,64,74)(H,65,76)(H,66,75)/t35-,36-,37-,38-,39+,40+,41-,42-,45-,46-/m0/s1. The molecule has 5 rings (SSSR count). The number of hydrogen-bond acceptors (Lipinski definition) is 14. The van der Waals surface area contributed by atoms with Gasteiger partial charge in [-0.2, -0.15) is 0 Å². The quantitative estimate of drug-likeness (QED) is 0.109. The number of rotatable bonds is 16. The van der Waals surface area contributed by atoms with Crippen LogP contribution in [0.3, 0.4) is 0 Å². The molecule has 452 valence electrons. The van der Waals surface area contributed by atoms with E-state index in [-0.39, 0.29) is 89.1 Å². The van der Waals surface area contributed by atoms with Crippen LogP contribution in [0.25, 0.3) is 0 Å². The van der Waals surface area contributed by atoms with E-state index in [4.69, 9.17) is 11.5 Å². The average molecular weight is 1180 g/mol. The van der Waals surface area contributed by atoms with Crippen LogP contribution in [0.15, 0.2) is 35.0 Å². The number of thiophene rings is 2. The molecule has 3 saturated heterocycles. The van der Waals surface area contributed by atoms with Crippen molar-refractivity contribution in [3.8, 4) is 0 Å². The van der Waals surface area contributed by atoms with Crippen LogP contribution in [-0.2, 0) is 70.4 Å². The monoisotopic (exact) mass is 1180 g/mol. The van der Waals surface area contributed by atoms with Gasteiger partial charge in [-0.1, -0.05) is 67.5 Å². The minimum Gasteiger partial charge on any atom is -0.370 e. The summed E-state index contributed by atoms with van der Waals surface area (Å²) in [6.07, 6.45) is -0.0163. The fraction of sp³-hybridized carbons (Fsp3) is 0.643. The van der Waals surface area contributed by atoms with Crippen molar-refractivity contribution < 1.29 is 57.5 Å². The van der Waals surface area contributed by atoms with Crippen LogP contribution in [-0.4, -0.2) is 154 Å². The zero-order valence-electron chi connectivity index (χ0n) is 48.2. The summed E-state index contributed by atoms with van der Waals surface area (Å²) in [4.78, 5) is 174. The first kappa shape index (κ1) is 65.8. The van der Waals surface area contributed by atoms with Gasteiger partial charge in [0, 0.05) is 48.5 Å². The van der Waals surface area contributed by atoms with Crippen molar-refractivity contribution in [3.63, 3.8) is 0 Å². The first-order valence-corrected chi connectivity index (χ1v) is 30.2. The third-order valence-electron chi connectivity index (χ3n) is 14.7. The predicted octanol–water partition coefficient (Wildman–Crippen LogP) is 0.404. The molecule has 12 N–H and O–H groups in total. The number of nitrogens with one attached hydrogen (secondary N) is 8. The summed E-state index contributed by atoms with van der Waals surface area (Å²) >= 11 is 2.67. The van der Waals surface area contributed by atoms with E-state index >= 15 is 0 Å². The normalized spacial score (nSPS) is 26.5. The molecule has 0 bridgehead atoms. The molecular formula is C56H84N12O12S2. The number of nitrogens with two attached hydrogens (primary N) is 2. The minimum atomic E-state index is -1.46. The molecule has 3 aliphatic rings.